The molecule has 3 heteroatoms. The Labute approximate surface area is 108 Å². The van der Waals surface area contributed by atoms with Crippen LogP contribution < -0.4 is 0 Å². The lowest BCUT2D eigenvalue weighted by atomic mass is 10.2. The third-order valence-electron chi connectivity index (χ3n) is 2.84. The van der Waals surface area contributed by atoms with Crippen molar-refractivity contribution in [2.24, 2.45) is 5.92 Å². The van der Waals surface area contributed by atoms with E-state index in [1.165, 1.54) is 11.1 Å². The van der Waals surface area contributed by atoms with E-state index in [0.29, 0.717) is 5.92 Å². The van der Waals surface area contributed by atoms with Crippen molar-refractivity contribution in [3.8, 4) is 0 Å². The fourth-order valence-corrected chi connectivity index (χ4v) is 2.28. The van der Waals surface area contributed by atoms with E-state index in [-0.39, 0.29) is 5.38 Å². The van der Waals surface area contributed by atoms with Crippen molar-refractivity contribution in [2.45, 2.75) is 39.6 Å². The minimum absolute atomic E-state index is 0.0542. The standard InChI is InChI=1S/C14H19ClN2/c1-9(2)8-17-13-7-10(3)5-6-12(13)16-14(17)11(4)15/h5-7,9,11H,8H2,1-4H3. The van der Waals surface area contributed by atoms with Gasteiger partial charge in [0.1, 0.15) is 5.82 Å². The van der Waals surface area contributed by atoms with E-state index < -0.39 is 0 Å². The maximum Gasteiger partial charge on any atom is 0.127 e. The molecule has 0 fully saturated rings. The van der Waals surface area contributed by atoms with E-state index in [1.54, 1.807) is 0 Å². The highest BCUT2D eigenvalue weighted by molar-refractivity contribution is 6.20. The van der Waals surface area contributed by atoms with Gasteiger partial charge < -0.3 is 4.57 Å². The van der Waals surface area contributed by atoms with Crippen molar-refractivity contribution in [3.05, 3.63) is 29.6 Å². The van der Waals surface area contributed by atoms with E-state index in [1.807, 2.05) is 6.92 Å². The Balaban J connectivity index is 2.64. The Bertz CT molecular complexity index is 526. The predicted molar refractivity (Wildman–Crippen MR) is 73.6 cm³/mol. The number of aromatic nitrogens is 2. The first-order valence-corrected chi connectivity index (χ1v) is 6.53. The molecule has 0 aliphatic heterocycles. The molecule has 0 N–H and O–H groups in total. The van der Waals surface area contributed by atoms with Crippen LogP contribution in [0.25, 0.3) is 11.0 Å². The molecule has 0 spiro atoms. The van der Waals surface area contributed by atoms with E-state index in [2.05, 4.69) is 48.5 Å². The van der Waals surface area contributed by atoms with E-state index >= 15 is 0 Å². The van der Waals surface area contributed by atoms with Crippen molar-refractivity contribution in [2.75, 3.05) is 0 Å². The topological polar surface area (TPSA) is 17.8 Å². The summed E-state index contributed by atoms with van der Waals surface area (Å²) in [5.41, 5.74) is 3.50. The van der Waals surface area contributed by atoms with Crippen LogP contribution in [0.3, 0.4) is 0 Å². The zero-order chi connectivity index (χ0) is 12.6. The van der Waals surface area contributed by atoms with Crippen molar-refractivity contribution < 1.29 is 0 Å². The molecule has 1 heterocycles. The summed E-state index contributed by atoms with van der Waals surface area (Å²) in [6, 6.07) is 6.36. The summed E-state index contributed by atoms with van der Waals surface area (Å²) >= 11 is 6.22. The van der Waals surface area contributed by atoms with Crippen LogP contribution in [0.4, 0.5) is 0 Å². The fraction of sp³-hybridized carbons (Fsp3) is 0.500. The molecule has 0 radical (unpaired) electrons. The molecule has 1 atom stereocenters. The van der Waals surface area contributed by atoms with Crippen LogP contribution in [-0.4, -0.2) is 9.55 Å². The van der Waals surface area contributed by atoms with E-state index in [9.17, 15) is 0 Å². The van der Waals surface area contributed by atoms with Crippen LogP contribution in [0.2, 0.25) is 0 Å². The molecule has 1 aromatic heterocycles. The van der Waals surface area contributed by atoms with Gasteiger partial charge in [0.15, 0.2) is 0 Å². The third kappa shape index (κ3) is 2.47. The van der Waals surface area contributed by atoms with Crippen molar-refractivity contribution in [1.82, 2.24) is 9.55 Å². The van der Waals surface area contributed by atoms with Crippen molar-refractivity contribution in [1.29, 1.82) is 0 Å². The average Bonchev–Trinajstić information content (AvgIpc) is 2.56. The highest BCUT2D eigenvalue weighted by atomic mass is 35.5. The summed E-state index contributed by atoms with van der Waals surface area (Å²) in [5, 5.41) is -0.0542. The molecule has 1 unspecified atom stereocenters. The van der Waals surface area contributed by atoms with Crippen molar-refractivity contribution >= 4 is 22.6 Å². The van der Waals surface area contributed by atoms with E-state index in [4.69, 9.17) is 11.6 Å². The molecule has 0 saturated carbocycles. The quantitative estimate of drug-likeness (QED) is 0.743. The van der Waals surface area contributed by atoms with Crippen LogP contribution in [0.15, 0.2) is 18.2 Å². The van der Waals surface area contributed by atoms with Gasteiger partial charge in [0.25, 0.3) is 0 Å². The third-order valence-corrected chi connectivity index (χ3v) is 3.03. The molecule has 92 valence electrons. The van der Waals surface area contributed by atoms with Gasteiger partial charge in [0.05, 0.1) is 16.4 Å². The Morgan fingerprint density at radius 1 is 1.29 bits per heavy atom. The molecule has 0 aliphatic carbocycles. The largest absolute Gasteiger partial charge is 0.326 e. The molecule has 2 rings (SSSR count). The fourth-order valence-electron chi connectivity index (χ4n) is 2.11. The van der Waals surface area contributed by atoms with Crippen LogP contribution in [0.5, 0.6) is 0 Å². The number of hydrogen-bond donors (Lipinski definition) is 0. The summed E-state index contributed by atoms with van der Waals surface area (Å²) in [7, 11) is 0. The number of hydrogen-bond acceptors (Lipinski definition) is 1. The summed E-state index contributed by atoms with van der Waals surface area (Å²) in [6.07, 6.45) is 0. The zero-order valence-corrected chi connectivity index (χ0v) is 11.6. The number of halogens is 1. The van der Waals surface area contributed by atoms with Gasteiger partial charge in [0, 0.05) is 6.54 Å². The van der Waals surface area contributed by atoms with Gasteiger partial charge in [-0.3, -0.25) is 0 Å². The summed E-state index contributed by atoms with van der Waals surface area (Å²) < 4.78 is 2.25. The lowest BCUT2D eigenvalue weighted by Gasteiger charge is -2.12. The number of imidazole rings is 1. The summed E-state index contributed by atoms with van der Waals surface area (Å²) in [5.74, 6) is 1.56. The number of benzene rings is 1. The first-order chi connectivity index (χ1) is 7.99. The molecule has 0 aliphatic rings. The lowest BCUT2D eigenvalue weighted by molar-refractivity contribution is 0.517. The minimum Gasteiger partial charge on any atom is -0.326 e. The number of alkyl halides is 1. The predicted octanol–water partition coefficient (Wildman–Crippen LogP) is 4.30. The maximum atomic E-state index is 6.22. The van der Waals surface area contributed by atoms with E-state index in [0.717, 1.165) is 17.9 Å². The summed E-state index contributed by atoms with van der Waals surface area (Å²) in [6.45, 7) is 9.48. The molecule has 0 saturated heterocycles. The molecule has 2 nitrogen and oxygen atoms in total. The Hall–Kier alpha value is -1.02. The van der Waals surface area contributed by atoms with Crippen molar-refractivity contribution in [3.63, 3.8) is 0 Å². The second-order valence-corrected chi connectivity index (χ2v) is 5.74. The zero-order valence-electron chi connectivity index (χ0n) is 10.9. The summed E-state index contributed by atoms with van der Waals surface area (Å²) in [4.78, 5) is 4.64. The molecule has 17 heavy (non-hydrogen) atoms. The SMILES string of the molecule is Cc1ccc2nc(C(C)Cl)n(CC(C)C)c2c1. The second kappa shape index (κ2) is 4.69. The molecule has 0 amide bonds. The van der Waals surface area contributed by atoms with Crippen LogP contribution in [-0.2, 0) is 6.54 Å². The number of fused-ring (bicyclic) bond motifs is 1. The number of aryl methyl sites for hydroxylation is 1. The smallest absolute Gasteiger partial charge is 0.127 e. The molecular formula is C14H19ClN2. The normalized spacial score (nSPS) is 13.5. The first kappa shape index (κ1) is 12.4. The molecular weight excluding hydrogens is 232 g/mol. The average molecular weight is 251 g/mol. The van der Waals surface area contributed by atoms with Gasteiger partial charge >= 0.3 is 0 Å². The highest BCUT2D eigenvalue weighted by Crippen LogP contribution is 2.26. The van der Waals surface area contributed by atoms with Gasteiger partial charge in [-0.2, -0.15) is 0 Å². The van der Waals surface area contributed by atoms with Gasteiger partial charge in [-0.25, -0.2) is 4.98 Å². The second-order valence-electron chi connectivity index (χ2n) is 5.08. The maximum absolute atomic E-state index is 6.22. The number of rotatable bonds is 3. The minimum atomic E-state index is -0.0542. The van der Waals surface area contributed by atoms with Gasteiger partial charge in [-0.15, -0.1) is 11.6 Å². The van der Waals surface area contributed by atoms with Gasteiger partial charge in [0.2, 0.25) is 0 Å². The number of nitrogens with zero attached hydrogens (tertiary/aromatic N) is 2. The van der Waals surface area contributed by atoms with Crippen LogP contribution in [0.1, 0.15) is 37.5 Å². The Morgan fingerprint density at radius 2 is 2.00 bits per heavy atom. The van der Waals surface area contributed by atoms with Crippen LogP contribution >= 0.6 is 11.6 Å². The Morgan fingerprint density at radius 3 is 2.59 bits per heavy atom. The molecule has 0 bridgehead atoms. The molecule has 2 aromatic rings. The van der Waals surface area contributed by atoms with Gasteiger partial charge in [-0.05, 0) is 37.5 Å². The monoisotopic (exact) mass is 250 g/mol. The first-order valence-electron chi connectivity index (χ1n) is 6.10. The highest BCUT2D eigenvalue weighted by Gasteiger charge is 2.15. The lowest BCUT2D eigenvalue weighted by Crippen LogP contribution is -2.09. The van der Waals surface area contributed by atoms with Crippen LogP contribution in [0, 0.1) is 12.8 Å². The van der Waals surface area contributed by atoms with Gasteiger partial charge in [-0.1, -0.05) is 19.9 Å². The molecule has 1 aromatic carbocycles. The Kier molecular flexibility index (Phi) is 3.43.